The SMILES string of the molecule is CC1C2C3(C)CC123. The Morgan fingerprint density at radius 2 is 2.14 bits per heavy atom. The van der Waals surface area contributed by atoms with E-state index in [2.05, 4.69) is 13.8 Å². The molecule has 4 unspecified atom stereocenters. The van der Waals surface area contributed by atoms with E-state index < -0.39 is 0 Å². The van der Waals surface area contributed by atoms with Crippen LogP contribution in [0.3, 0.4) is 0 Å². The standard InChI is InChI=1S/C7H10/c1-4-5-6(2)3-7(4,5)6/h4-5H,3H2,1-2H3. The topological polar surface area (TPSA) is 0 Å². The van der Waals surface area contributed by atoms with E-state index in [1.807, 2.05) is 0 Å². The summed E-state index contributed by atoms with van der Waals surface area (Å²) in [5.41, 5.74) is 1.90. The summed E-state index contributed by atoms with van der Waals surface area (Å²) in [6, 6.07) is 0. The summed E-state index contributed by atoms with van der Waals surface area (Å²) >= 11 is 0. The van der Waals surface area contributed by atoms with Crippen molar-refractivity contribution in [2.75, 3.05) is 0 Å². The molecule has 0 heterocycles. The van der Waals surface area contributed by atoms with Crippen LogP contribution < -0.4 is 0 Å². The molecule has 0 aromatic carbocycles. The molecule has 0 aromatic heterocycles. The quantitative estimate of drug-likeness (QED) is 0.428. The van der Waals surface area contributed by atoms with Gasteiger partial charge in [0.2, 0.25) is 0 Å². The van der Waals surface area contributed by atoms with E-state index in [-0.39, 0.29) is 0 Å². The lowest BCUT2D eigenvalue weighted by Gasteiger charge is -1.97. The van der Waals surface area contributed by atoms with E-state index in [1.54, 1.807) is 6.42 Å². The van der Waals surface area contributed by atoms with E-state index in [9.17, 15) is 0 Å². The minimum absolute atomic E-state index is 0.923. The molecule has 0 aromatic rings. The lowest BCUT2D eigenvalue weighted by atomic mass is 10.1. The van der Waals surface area contributed by atoms with E-state index >= 15 is 0 Å². The smallest absolute Gasteiger partial charge is 0.0170 e. The predicted octanol–water partition coefficient (Wildman–Crippen LogP) is 1.66. The minimum Gasteiger partial charge on any atom is -0.0616 e. The highest BCUT2D eigenvalue weighted by atomic mass is 15.1. The molecule has 0 bridgehead atoms. The van der Waals surface area contributed by atoms with Crippen LogP contribution in [0.25, 0.3) is 0 Å². The lowest BCUT2D eigenvalue weighted by molar-refractivity contribution is 0.511. The van der Waals surface area contributed by atoms with Crippen LogP contribution in [0.5, 0.6) is 0 Å². The van der Waals surface area contributed by atoms with Crippen LogP contribution in [0.2, 0.25) is 0 Å². The number of hydrogen-bond donors (Lipinski definition) is 0. The second kappa shape index (κ2) is 0.416. The van der Waals surface area contributed by atoms with Gasteiger partial charge in [0.05, 0.1) is 0 Å². The summed E-state index contributed by atoms with van der Waals surface area (Å²) in [6.07, 6.45) is 1.58. The molecule has 4 atom stereocenters. The summed E-state index contributed by atoms with van der Waals surface area (Å²) in [5, 5.41) is 0. The van der Waals surface area contributed by atoms with Crippen LogP contribution in [0.4, 0.5) is 0 Å². The Morgan fingerprint density at radius 1 is 1.57 bits per heavy atom. The Kier molecular flexibility index (Phi) is 0.185. The minimum atomic E-state index is 0.923. The lowest BCUT2D eigenvalue weighted by Crippen LogP contribution is -1.91. The van der Waals surface area contributed by atoms with Gasteiger partial charge in [-0.15, -0.1) is 0 Å². The van der Waals surface area contributed by atoms with Crippen molar-refractivity contribution in [3.8, 4) is 0 Å². The third-order valence-corrected chi connectivity index (χ3v) is 3.96. The van der Waals surface area contributed by atoms with Gasteiger partial charge in [-0.25, -0.2) is 0 Å². The van der Waals surface area contributed by atoms with Gasteiger partial charge < -0.3 is 0 Å². The Hall–Kier alpha value is 0. The zero-order chi connectivity index (χ0) is 4.86. The van der Waals surface area contributed by atoms with Crippen LogP contribution in [-0.2, 0) is 0 Å². The fraction of sp³-hybridized carbons (Fsp3) is 1.00. The van der Waals surface area contributed by atoms with Crippen LogP contribution in [-0.4, -0.2) is 0 Å². The van der Waals surface area contributed by atoms with Gasteiger partial charge in [-0.05, 0) is 29.1 Å². The van der Waals surface area contributed by atoms with Gasteiger partial charge >= 0.3 is 0 Å². The fourth-order valence-corrected chi connectivity index (χ4v) is 3.25. The van der Waals surface area contributed by atoms with Crippen molar-refractivity contribution in [1.29, 1.82) is 0 Å². The highest BCUT2D eigenvalue weighted by Crippen LogP contribution is 3.08. The summed E-state index contributed by atoms with van der Waals surface area (Å²) in [4.78, 5) is 0. The number of fused-ring (bicyclic) bond motifs is 1. The van der Waals surface area contributed by atoms with Gasteiger partial charge in [0, 0.05) is 0 Å². The Morgan fingerprint density at radius 3 is 2.14 bits per heavy atom. The number of hydrogen-bond acceptors (Lipinski definition) is 0. The van der Waals surface area contributed by atoms with Crippen molar-refractivity contribution in [2.24, 2.45) is 22.7 Å². The van der Waals surface area contributed by atoms with Crippen LogP contribution in [0.15, 0.2) is 0 Å². The van der Waals surface area contributed by atoms with Gasteiger partial charge in [0.25, 0.3) is 0 Å². The first kappa shape index (κ1) is 3.11. The molecule has 3 fully saturated rings. The van der Waals surface area contributed by atoms with Crippen molar-refractivity contribution >= 4 is 0 Å². The van der Waals surface area contributed by atoms with E-state index in [4.69, 9.17) is 0 Å². The zero-order valence-corrected chi connectivity index (χ0v) is 4.86. The molecule has 3 rings (SSSR count). The molecular weight excluding hydrogens is 84.1 g/mol. The largest absolute Gasteiger partial charge is 0.0616 e. The summed E-state index contributed by atoms with van der Waals surface area (Å²) in [5.74, 6) is 2.34. The van der Waals surface area contributed by atoms with Crippen molar-refractivity contribution in [1.82, 2.24) is 0 Å². The van der Waals surface area contributed by atoms with Gasteiger partial charge in [-0.3, -0.25) is 0 Å². The van der Waals surface area contributed by atoms with Crippen molar-refractivity contribution < 1.29 is 0 Å². The van der Waals surface area contributed by atoms with E-state index in [0.29, 0.717) is 0 Å². The Labute approximate surface area is 43.9 Å². The third kappa shape index (κ3) is 0.0999. The summed E-state index contributed by atoms with van der Waals surface area (Å²) in [6.45, 7) is 4.84. The average Bonchev–Trinajstić information content (AvgIpc) is 2.30. The molecule has 7 heavy (non-hydrogen) atoms. The highest BCUT2D eigenvalue weighted by Gasteiger charge is 3.03. The second-order valence-corrected chi connectivity index (χ2v) is 3.90. The predicted molar refractivity (Wildman–Crippen MR) is 27.8 cm³/mol. The van der Waals surface area contributed by atoms with Gasteiger partial charge in [-0.1, -0.05) is 13.8 Å². The molecular formula is C7H10. The maximum atomic E-state index is 2.44. The van der Waals surface area contributed by atoms with Crippen LogP contribution in [0, 0.1) is 22.7 Å². The first-order chi connectivity index (χ1) is 3.23. The second-order valence-electron chi connectivity index (χ2n) is 3.90. The molecule has 1 spiro atoms. The molecule has 3 aliphatic rings. The first-order valence-electron chi connectivity index (χ1n) is 3.23. The fourth-order valence-electron chi connectivity index (χ4n) is 3.25. The monoisotopic (exact) mass is 94.1 g/mol. The number of rotatable bonds is 0. The molecule has 0 N–H and O–H groups in total. The molecule has 0 nitrogen and oxygen atoms in total. The molecule has 3 saturated carbocycles. The zero-order valence-electron chi connectivity index (χ0n) is 4.86. The third-order valence-electron chi connectivity index (χ3n) is 3.96. The average molecular weight is 94.2 g/mol. The molecule has 3 aliphatic carbocycles. The highest BCUT2D eigenvalue weighted by molar-refractivity contribution is 5.50. The van der Waals surface area contributed by atoms with Crippen LogP contribution in [0.1, 0.15) is 20.3 Å². The van der Waals surface area contributed by atoms with Crippen molar-refractivity contribution in [3.05, 3.63) is 0 Å². The molecule has 0 aliphatic heterocycles. The van der Waals surface area contributed by atoms with Crippen LogP contribution >= 0.6 is 0 Å². The van der Waals surface area contributed by atoms with Gasteiger partial charge in [0.15, 0.2) is 0 Å². The molecule has 0 amide bonds. The van der Waals surface area contributed by atoms with E-state index in [0.717, 1.165) is 16.7 Å². The maximum absolute atomic E-state index is 2.44. The Balaban J connectivity index is 2.12. The molecule has 0 saturated heterocycles. The normalized spacial score (nSPS) is 90.0. The van der Waals surface area contributed by atoms with Crippen molar-refractivity contribution in [2.45, 2.75) is 20.3 Å². The van der Waals surface area contributed by atoms with Crippen molar-refractivity contribution in [3.63, 3.8) is 0 Å². The molecule has 0 heteroatoms. The van der Waals surface area contributed by atoms with E-state index in [1.165, 1.54) is 5.92 Å². The first-order valence-corrected chi connectivity index (χ1v) is 3.23. The Bertz CT molecular complexity index is 161. The molecule has 38 valence electrons. The van der Waals surface area contributed by atoms with Gasteiger partial charge in [0.1, 0.15) is 0 Å². The van der Waals surface area contributed by atoms with Gasteiger partial charge in [-0.2, -0.15) is 0 Å². The summed E-state index contributed by atoms with van der Waals surface area (Å²) in [7, 11) is 0. The summed E-state index contributed by atoms with van der Waals surface area (Å²) < 4.78 is 0. The molecule has 0 radical (unpaired) electrons. The maximum Gasteiger partial charge on any atom is -0.0170 e.